The highest BCUT2D eigenvalue weighted by Crippen LogP contribution is 2.30. The molecule has 0 fully saturated rings. The van der Waals surface area contributed by atoms with Gasteiger partial charge in [0, 0.05) is 17.1 Å². The van der Waals surface area contributed by atoms with Crippen LogP contribution in [0.1, 0.15) is 44.5 Å². The van der Waals surface area contributed by atoms with Crippen LogP contribution in [0.5, 0.6) is 0 Å². The highest BCUT2D eigenvalue weighted by Gasteiger charge is 2.19. The van der Waals surface area contributed by atoms with E-state index in [1.165, 1.54) is 17.4 Å². The molecule has 0 spiro atoms. The summed E-state index contributed by atoms with van der Waals surface area (Å²) in [4.78, 5) is 4.64. The Morgan fingerprint density at radius 3 is 2.63 bits per heavy atom. The third kappa shape index (κ3) is 2.95. The molecule has 1 heterocycles. The first-order valence-electron chi connectivity index (χ1n) is 7.27. The van der Waals surface area contributed by atoms with Crippen molar-refractivity contribution in [3.8, 4) is 0 Å². The molecule has 102 valence electrons. The van der Waals surface area contributed by atoms with E-state index in [9.17, 15) is 0 Å². The lowest BCUT2D eigenvalue weighted by atomic mass is 9.90. The van der Waals surface area contributed by atoms with Crippen LogP contribution < -0.4 is 5.32 Å². The van der Waals surface area contributed by atoms with Crippen LogP contribution in [0.4, 0.5) is 0 Å². The van der Waals surface area contributed by atoms with Crippen molar-refractivity contribution in [1.82, 2.24) is 10.3 Å². The van der Waals surface area contributed by atoms with Gasteiger partial charge >= 0.3 is 0 Å². The highest BCUT2D eigenvalue weighted by atomic mass is 14.9. The molecule has 2 unspecified atom stereocenters. The fourth-order valence-corrected chi connectivity index (χ4v) is 2.67. The summed E-state index contributed by atoms with van der Waals surface area (Å²) in [5.74, 6) is 0.616. The molecule has 1 aromatic carbocycles. The molecule has 0 saturated carbocycles. The molecule has 0 amide bonds. The Balaban J connectivity index is 2.57. The second-order valence-corrected chi connectivity index (χ2v) is 5.29. The fourth-order valence-electron chi connectivity index (χ4n) is 2.67. The molecule has 2 aromatic rings. The van der Waals surface area contributed by atoms with Gasteiger partial charge in [0.2, 0.25) is 0 Å². The lowest BCUT2D eigenvalue weighted by molar-refractivity contribution is 0.386. The van der Waals surface area contributed by atoms with Crippen molar-refractivity contribution in [1.29, 1.82) is 0 Å². The summed E-state index contributed by atoms with van der Waals surface area (Å²) in [5, 5.41) is 4.92. The van der Waals surface area contributed by atoms with Crippen LogP contribution >= 0.6 is 0 Å². The molecule has 0 saturated heterocycles. The van der Waals surface area contributed by atoms with Gasteiger partial charge in [-0.3, -0.25) is 4.98 Å². The number of hydrogen-bond acceptors (Lipinski definition) is 2. The lowest BCUT2D eigenvalue weighted by Crippen LogP contribution is -2.27. The van der Waals surface area contributed by atoms with Crippen molar-refractivity contribution in [3.05, 3.63) is 41.6 Å². The maximum absolute atomic E-state index is 4.64. The van der Waals surface area contributed by atoms with Gasteiger partial charge in [0.05, 0.1) is 5.52 Å². The van der Waals surface area contributed by atoms with Crippen LogP contribution in [-0.2, 0) is 0 Å². The van der Waals surface area contributed by atoms with Crippen molar-refractivity contribution in [3.63, 3.8) is 0 Å². The summed E-state index contributed by atoms with van der Waals surface area (Å²) in [6, 6.07) is 11.1. The number of pyridine rings is 1. The number of benzene rings is 1. The van der Waals surface area contributed by atoms with Gasteiger partial charge in [-0.2, -0.15) is 0 Å². The molecule has 2 atom stereocenters. The van der Waals surface area contributed by atoms with E-state index in [1.807, 2.05) is 0 Å². The topological polar surface area (TPSA) is 24.9 Å². The molecule has 2 heteroatoms. The van der Waals surface area contributed by atoms with E-state index in [-0.39, 0.29) is 0 Å². The zero-order valence-corrected chi connectivity index (χ0v) is 12.4. The van der Waals surface area contributed by atoms with E-state index >= 15 is 0 Å². The van der Waals surface area contributed by atoms with E-state index in [1.54, 1.807) is 0 Å². The van der Waals surface area contributed by atoms with Crippen LogP contribution in [-0.4, -0.2) is 11.5 Å². The van der Waals surface area contributed by atoms with E-state index in [2.05, 4.69) is 68.3 Å². The van der Waals surface area contributed by atoms with Crippen LogP contribution in [0, 0.1) is 12.8 Å². The minimum atomic E-state index is 0.404. The molecule has 2 rings (SSSR count). The second-order valence-electron chi connectivity index (χ2n) is 5.29. The van der Waals surface area contributed by atoms with Crippen molar-refractivity contribution >= 4 is 10.9 Å². The second kappa shape index (κ2) is 6.16. The van der Waals surface area contributed by atoms with Gasteiger partial charge in [0.15, 0.2) is 0 Å². The van der Waals surface area contributed by atoms with Crippen LogP contribution in [0.25, 0.3) is 10.9 Å². The summed E-state index contributed by atoms with van der Waals surface area (Å²) >= 11 is 0. The summed E-state index contributed by atoms with van der Waals surface area (Å²) in [7, 11) is 0. The normalized spacial score (nSPS) is 14.5. The molecule has 0 bridgehead atoms. The van der Waals surface area contributed by atoms with E-state index in [0.717, 1.165) is 17.8 Å². The van der Waals surface area contributed by atoms with Gasteiger partial charge in [0.1, 0.15) is 0 Å². The van der Waals surface area contributed by atoms with E-state index in [4.69, 9.17) is 0 Å². The molecule has 2 nitrogen and oxygen atoms in total. The van der Waals surface area contributed by atoms with Crippen LogP contribution in [0.2, 0.25) is 0 Å². The third-order valence-electron chi connectivity index (χ3n) is 3.85. The smallest absolute Gasteiger partial charge is 0.0708 e. The molecule has 0 aliphatic carbocycles. The quantitative estimate of drug-likeness (QED) is 0.865. The van der Waals surface area contributed by atoms with E-state index in [0.29, 0.717) is 12.0 Å². The molecule has 0 radical (unpaired) electrons. The molecule has 0 aliphatic rings. The van der Waals surface area contributed by atoms with E-state index < -0.39 is 0 Å². The maximum Gasteiger partial charge on any atom is 0.0708 e. The van der Waals surface area contributed by atoms with Crippen LogP contribution in [0.3, 0.4) is 0 Å². The molecular formula is C17H24N2. The number of rotatable bonds is 5. The predicted molar refractivity (Wildman–Crippen MR) is 82.4 cm³/mol. The number of nitrogens with one attached hydrogen (secondary N) is 1. The Labute approximate surface area is 116 Å². The predicted octanol–water partition coefficient (Wildman–Crippen LogP) is 4.24. The summed E-state index contributed by atoms with van der Waals surface area (Å²) in [6.07, 6.45) is 1.17. The summed E-state index contributed by atoms with van der Waals surface area (Å²) < 4.78 is 0. The molecule has 1 aromatic heterocycles. The number of aryl methyl sites for hydroxylation is 1. The Hall–Kier alpha value is -1.41. The standard InChI is InChI=1S/C17H24N2/c1-5-12(3)17(18-6-2)15-11-13(4)19-16-10-8-7-9-14(15)16/h7-12,17-18H,5-6H2,1-4H3. The number of fused-ring (bicyclic) bond motifs is 1. The molecule has 0 aliphatic heterocycles. The zero-order chi connectivity index (χ0) is 13.8. The minimum Gasteiger partial charge on any atom is -0.310 e. The average Bonchev–Trinajstić information content (AvgIpc) is 2.43. The zero-order valence-electron chi connectivity index (χ0n) is 12.4. The van der Waals surface area contributed by atoms with Gasteiger partial charge in [-0.15, -0.1) is 0 Å². The van der Waals surface area contributed by atoms with Crippen molar-refractivity contribution in [2.45, 2.75) is 40.2 Å². The highest BCUT2D eigenvalue weighted by molar-refractivity contribution is 5.82. The van der Waals surface area contributed by atoms with Gasteiger partial charge in [-0.25, -0.2) is 0 Å². The number of hydrogen-bond donors (Lipinski definition) is 1. The Morgan fingerprint density at radius 2 is 1.95 bits per heavy atom. The molecular weight excluding hydrogens is 232 g/mol. The Kier molecular flexibility index (Phi) is 4.54. The molecule has 1 N–H and O–H groups in total. The lowest BCUT2D eigenvalue weighted by Gasteiger charge is -2.26. The first kappa shape index (κ1) is 14.0. The fraction of sp³-hybridized carbons (Fsp3) is 0.471. The molecule has 19 heavy (non-hydrogen) atoms. The van der Waals surface area contributed by atoms with Gasteiger partial charge in [-0.1, -0.05) is 45.4 Å². The number of nitrogens with zero attached hydrogens (tertiary/aromatic N) is 1. The van der Waals surface area contributed by atoms with Crippen molar-refractivity contribution in [2.24, 2.45) is 5.92 Å². The minimum absolute atomic E-state index is 0.404. The first-order chi connectivity index (χ1) is 9.17. The number of aromatic nitrogens is 1. The van der Waals surface area contributed by atoms with Crippen molar-refractivity contribution < 1.29 is 0 Å². The Bertz CT molecular complexity index is 548. The summed E-state index contributed by atoms with van der Waals surface area (Å²) in [5.41, 5.74) is 3.59. The van der Waals surface area contributed by atoms with Gasteiger partial charge < -0.3 is 5.32 Å². The van der Waals surface area contributed by atoms with Gasteiger partial charge in [0.25, 0.3) is 0 Å². The van der Waals surface area contributed by atoms with Crippen molar-refractivity contribution in [2.75, 3.05) is 6.54 Å². The maximum atomic E-state index is 4.64. The Morgan fingerprint density at radius 1 is 1.21 bits per heavy atom. The van der Waals surface area contributed by atoms with Gasteiger partial charge in [-0.05, 0) is 37.1 Å². The van der Waals surface area contributed by atoms with Crippen LogP contribution in [0.15, 0.2) is 30.3 Å². The number of para-hydroxylation sites is 1. The summed E-state index contributed by atoms with van der Waals surface area (Å²) in [6.45, 7) is 9.81. The third-order valence-corrected chi connectivity index (χ3v) is 3.85. The first-order valence-corrected chi connectivity index (χ1v) is 7.27. The SMILES string of the molecule is CCNC(c1cc(C)nc2ccccc12)C(C)CC. The monoisotopic (exact) mass is 256 g/mol. The largest absolute Gasteiger partial charge is 0.310 e. The average molecular weight is 256 g/mol.